The van der Waals surface area contributed by atoms with Crippen molar-refractivity contribution in [2.24, 2.45) is 4.99 Å². The van der Waals surface area contributed by atoms with Crippen molar-refractivity contribution < 1.29 is 0 Å². The van der Waals surface area contributed by atoms with Crippen molar-refractivity contribution in [2.75, 3.05) is 13.6 Å². The molecule has 0 atom stereocenters. The predicted molar refractivity (Wildman–Crippen MR) is 110 cm³/mol. The van der Waals surface area contributed by atoms with E-state index in [0.29, 0.717) is 6.54 Å². The number of guanidine groups is 1. The Morgan fingerprint density at radius 2 is 2.04 bits per heavy atom. The molecular weight excluding hydrogens is 419 g/mol. The van der Waals surface area contributed by atoms with Crippen LogP contribution in [0.3, 0.4) is 0 Å². The van der Waals surface area contributed by atoms with Crippen molar-refractivity contribution in [1.82, 2.24) is 15.6 Å². The third-order valence-electron chi connectivity index (χ3n) is 3.65. The minimum absolute atomic E-state index is 0. The van der Waals surface area contributed by atoms with Gasteiger partial charge in [-0.05, 0) is 30.0 Å². The van der Waals surface area contributed by atoms with Gasteiger partial charge in [0.25, 0.3) is 0 Å². The van der Waals surface area contributed by atoms with E-state index < -0.39 is 0 Å². The van der Waals surface area contributed by atoms with Crippen molar-refractivity contribution in [3.63, 3.8) is 0 Å². The molecule has 0 aromatic carbocycles. The molecule has 0 aliphatic carbocycles. The molecule has 0 amide bonds. The zero-order valence-electron chi connectivity index (χ0n) is 14.1. The molecule has 0 fully saturated rings. The number of aromatic nitrogens is 1. The predicted octanol–water partition coefficient (Wildman–Crippen LogP) is 3.71. The van der Waals surface area contributed by atoms with Gasteiger partial charge in [-0.3, -0.25) is 9.98 Å². The second-order valence-corrected chi connectivity index (χ2v) is 6.86. The number of nitrogens with zero attached hydrogens (tertiary/aromatic N) is 2. The van der Waals surface area contributed by atoms with Crippen LogP contribution in [0.5, 0.6) is 0 Å². The number of hydrogen-bond donors (Lipinski definition) is 2. The van der Waals surface area contributed by atoms with E-state index in [4.69, 9.17) is 0 Å². The van der Waals surface area contributed by atoms with Crippen LogP contribution in [-0.4, -0.2) is 24.5 Å². The Labute approximate surface area is 159 Å². The highest BCUT2D eigenvalue weighted by molar-refractivity contribution is 14.0. The molecule has 126 valence electrons. The van der Waals surface area contributed by atoms with E-state index in [-0.39, 0.29) is 29.4 Å². The first kappa shape index (κ1) is 19.9. The van der Waals surface area contributed by atoms with Gasteiger partial charge in [-0.1, -0.05) is 26.0 Å². The van der Waals surface area contributed by atoms with Gasteiger partial charge in [-0.2, -0.15) is 0 Å². The van der Waals surface area contributed by atoms with Crippen LogP contribution in [0.4, 0.5) is 0 Å². The first-order valence-electron chi connectivity index (χ1n) is 7.42. The van der Waals surface area contributed by atoms with Crippen LogP contribution in [-0.2, 0) is 12.0 Å². The number of hydrogen-bond acceptors (Lipinski definition) is 3. The second-order valence-electron chi connectivity index (χ2n) is 5.91. The van der Waals surface area contributed by atoms with Crippen LogP contribution in [0, 0.1) is 6.92 Å². The van der Waals surface area contributed by atoms with E-state index in [0.717, 1.165) is 18.2 Å². The van der Waals surface area contributed by atoms with Crippen molar-refractivity contribution in [2.45, 2.75) is 32.7 Å². The monoisotopic (exact) mass is 444 g/mol. The maximum atomic E-state index is 4.39. The Hall–Kier alpha value is -1.15. The molecule has 0 aliphatic rings. The van der Waals surface area contributed by atoms with Gasteiger partial charge in [0.2, 0.25) is 0 Å². The fraction of sp³-hybridized carbons (Fsp3) is 0.412. The quantitative estimate of drug-likeness (QED) is 0.420. The van der Waals surface area contributed by atoms with Crippen LogP contribution in [0.1, 0.15) is 30.0 Å². The van der Waals surface area contributed by atoms with Gasteiger partial charge in [0, 0.05) is 30.1 Å². The number of aryl methyl sites for hydroxylation is 1. The van der Waals surface area contributed by atoms with Crippen molar-refractivity contribution in [1.29, 1.82) is 0 Å². The zero-order chi connectivity index (χ0) is 16.0. The number of nitrogens with one attached hydrogen (secondary N) is 2. The molecule has 2 rings (SSSR count). The van der Waals surface area contributed by atoms with E-state index in [1.54, 1.807) is 18.4 Å². The molecule has 0 unspecified atom stereocenters. The molecule has 4 nitrogen and oxygen atoms in total. The molecule has 2 N–H and O–H groups in total. The summed E-state index contributed by atoms with van der Waals surface area (Å²) in [4.78, 5) is 10.0. The van der Waals surface area contributed by atoms with Gasteiger partial charge in [-0.25, -0.2) is 0 Å². The number of aliphatic imine (C=N–C) groups is 1. The lowest BCUT2D eigenvalue weighted by Crippen LogP contribution is -2.43. The van der Waals surface area contributed by atoms with Gasteiger partial charge in [-0.15, -0.1) is 35.3 Å². The highest BCUT2D eigenvalue weighted by Gasteiger charge is 2.21. The third-order valence-corrected chi connectivity index (χ3v) is 4.89. The van der Waals surface area contributed by atoms with Gasteiger partial charge in [0.05, 0.1) is 12.2 Å². The molecule has 2 aromatic rings. The third kappa shape index (κ3) is 5.76. The molecular formula is C17H25IN4S. The Bertz CT molecular complexity index is 623. The summed E-state index contributed by atoms with van der Waals surface area (Å²) in [6.07, 6.45) is 1.82. The van der Waals surface area contributed by atoms with E-state index >= 15 is 0 Å². The lowest BCUT2D eigenvalue weighted by Gasteiger charge is -2.25. The molecule has 0 bridgehead atoms. The zero-order valence-corrected chi connectivity index (χ0v) is 17.2. The Morgan fingerprint density at radius 3 is 2.65 bits per heavy atom. The Balaban J connectivity index is 0.00000264. The number of pyridine rings is 1. The average molecular weight is 444 g/mol. The Kier molecular flexibility index (Phi) is 7.98. The second kappa shape index (κ2) is 9.22. The summed E-state index contributed by atoms with van der Waals surface area (Å²) >= 11 is 1.79. The molecule has 2 aromatic heterocycles. The summed E-state index contributed by atoms with van der Waals surface area (Å²) in [5.41, 5.74) is 2.31. The van der Waals surface area contributed by atoms with Gasteiger partial charge >= 0.3 is 0 Å². The lowest BCUT2D eigenvalue weighted by atomic mass is 9.91. The molecule has 0 saturated heterocycles. The number of rotatable bonds is 5. The molecule has 0 aliphatic heterocycles. The number of halogens is 1. The summed E-state index contributed by atoms with van der Waals surface area (Å²) in [6.45, 7) is 8.05. The van der Waals surface area contributed by atoms with E-state index in [2.05, 4.69) is 65.0 Å². The van der Waals surface area contributed by atoms with Crippen LogP contribution >= 0.6 is 35.3 Å². The summed E-state index contributed by atoms with van der Waals surface area (Å²) in [7, 11) is 1.79. The highest BCUT2D eigenvalue weighted by Crippen LogP contribution is 2.26. The topological polar surface area (TPSA) is 49.3 Å². The molecule has 0 spiro atoms. The fourth-order valence-electron chi connectivity index (χ4n) is 2.15. The largest absolute Gasteiger partial charge is 0.356 e. The molecule has 6 heteroatoms. The van der Waals surface area contributed by atoms with Crippen LogP contribution in [0.25, 0.3) is 0 Å². The Morgan fingerprint density at radius 1 is 1.26 bits per heavy atom. The minimum Gasteiger partial charge on any atom is -0.356 e. The summed E-state index contributed by atoms with van der Waals surface area (Å²) in [5, 5.41) is 8.85. The van der Waals surface area contributed by atoms with Crippen molar-refractivity contribution >= 4 is 41.3 Å². The van der Waals surface area contributed by atoms with Crippen LogP contribution < -0.4 is 10.6 Å². The van der Waals surface area contributed by atoms with Gasteiger partial charge < -0.3 is 10.6 Å². The fourth-order valence-corrected chi connectivity index (χ4v) is 3.00. The number of thiophene rings is 1. The van der Waals surface area contributed by atoms with E-state index in [1.807, 2.05) is 12.3 Å². The van der Waals surface area contributed by atoms with E-state index in [9.17, 15) is 0 Å². The standard InChI is InChI=1S/C17H24N4S.HI/c1-13-7-5-9-19-14(13)11-20-16(18-4)21-12-17(2,3)15-8-6-10-22-15;/h5-10H,11-12H2,1-4H3,(H2,18,20,21);1H. The van der Waals surface area contributed by atoms with Gasteiger partial charge in [0.15, 0.2) is 5.96 Å². The normalized spacial score (nSPS) is 11.7. The minimum atomic E-state index is 0. The van der Waals surface area contributed by atoms with Gasteiger partial charge in [0.1, 0.15) is 0 Å². The maximum absolute atomic E-state index is 4.39. The van der Waals surface area contributed by atoms with Crippen molar-refractivity contribution in [3.8, 4) is 0 Å². The molecule has 0 radical (unpaired) electrons. The summed E-state index contributed by atoms with van der Waals surface area (Å²) in [5.74, 6) is 0.801. The molecule has 0 saturated carbocycles. The van der Waals surface area contributed by atoms with Crippen molar-refractivity contribution in [3.05, 3.63) is 52.0 Å². The first-order valence-corrected chi connectivity index (χ1v) is 8.30. The lowest BCUT2D eigenvalue weighted by molar-refractivity contribution is 0.518. The van der Waals surface area contributed by atoms with Crippen LogP contribution in [0.2, 0.25) is 0 Å². The first-order chi connectivity index (χ1) is 10.5. The highest BCUT2D eigenvalue weighted by atomic mass is 127. The molecule has 23 heavy (non-hydrogen) atoms. The maximum Gasteiger partial charge on any atom is 0.191 e. The van der Waals surface area contributed by atoms with E-state index in [1.165, 1.54) is 10.4 Å². The average Bonchev–Trinajstić information content (AvgIpc) is 3.04. The summed E-state index contributed by atoms with van der Waals surface area (Å²) in [6, 6.07) is 8.30. The molecule has 2 heterocycles. The van der Waals surface area contributed by atoms with Crippen LogP contribution in [0.15, 0.2) is 40.8 Å². The summed E-state index contributed by atoms with van der Waals surface area (Å²) < 4.78 is 0. The SMILES string of the molecule is CN=C(NCc1ncccc1C)NCC(C)(C)c1cccs1.I. The smallest absolute Gasteiger partial charge is 0.191 e.